The summed E-state index contributed by atoms with van der Waals surface area (Å²) in [5.74, 6) is 1.48. The highest BCUT2D eigenvalue weighted by Gasteiger charge is 2.22. The number of rotatable bonds is 4. The van der Waals surface area contributed by atoms with Gasteiger partial charge in [-0.15, -0.1) is 19.2 Å². The second-order valence-corrected chi connectivity index (χ2v) is 4.35. The van der Waals surface area contributed by atoms with Crippen molar-refractivity contribution in [1.82, 2.24) is 0 Å². The lowest BCUT2D eigenvalue weighted by Gasteiger charge is -2.18. The lowest BCUT2D eigenvalue weighted by Crippen LogP contribution is -2.08. The fourth-order valence-corrected chi connectivity index (χ4v) is 2.31. The molecular formula is C11H18S. The average Bonchev–Trinajstić information content (AvgIpc) is 2.51. The van der Waals surface area contributed by atoms with Crippen LogP contribution in [0.4, 0.5) is 0 Å². The first-order valence-electron chi connectivity index (χ1n) is 4.73. The highest BCUT2D eigenvalue weighted by molar-refractivity contribution is 7.84. The summed E-state index contributed by atoms with van der Waals surface area (Å²) in [7, 11) is 0. The van der Waals surface area contributed by atoms with Gasteiger partial charge in [0.15, 0.2) is 0 Å². The fourth-order valence-electron chi connectivity index (χ4n) is 2.10. The van der Waals surface area contributed by atoms with Gasteiger partial charge in [-0.2, -0.15) is 0 Å². The molecule has 0 N–H and O–H groups in total. The van der Waals surface area contributed by atoms with Gasteiger partial charge in [0.25, 0.3) is 0 Å². The van der Waals surface area contributed by atoms with Crippen LogP contribution in [0, 0.1) is 11.8 Å². The normalized spacial score (nSPS) is 20.8. The van der Waals surface area contributed by atoms with Crippen molar-refractivity contribution in [3.63, 3.8) is 0 Å². The minimum atomic E-state index is 0.623. The molecule has 1 unspecified atom stereocenters. The molecule has 1 heteroatoms. The third kappa shape index (κ3) is 2.71. The lowest BCUT2D eigenvalue weighted by atomic mass is 9.88. The minimum absolute atomic E-state index is 0.623. The van der Waals surface area contributed by atoms with Gasteiger partial charge in [0.05, 0.1) is 0 Å². The standard InChI is InChI=1S/C11H18S/c1-3-10(8-9(2)12)11-6-4-5-7-11/h3,10-12H,1-2,4-8H2. The first kappa shape index (κ1) is 9.91. The first-order valence-corrected chi connectivity index (χ1v) is 5.18. The van der Waals surface area contributed by atoms with Crippen molar-refractivity contribution < 1.29 is 0 Å². The van der Waals surface area contributed by atoms with Crippen molar-refractivity contribution in [2.75, 3.05) is 0 Å². The molecule has 0 aliphatic heterocycles. The van der Waals surface area contributed by atoms with Gasteiger partial charge in [0.1, 0.15) is 0 Å². The smallest absolute Gasteiger partial charge is 0.0161 e. The average molecular weight is 182 g/mol. The third-order valence-corrected chi connectivity index (χ3v) is 2.96. The second kappa shape index (κ2) is 4.76. The van der Waals surface area contributed by atoms with Crippen LogP contribution in [0.5, 0.6) is 0 Å². The largest absolute Gasteiger partial charge is 0.148 e. The predicted molar refractivity (Wildman–Crippen MR) is 58.4 cm³/mol. The first-order chi connectivity index (χ1) is 5.74. The van der Waals surface area contributed by atoms with Crippen LogP contribution in [0.15, 0.2) is 24.1 Å². The van der Waals surface area contributed by atoms with Gasteiger partial charge in [-0.1, -0.05) is 25.5 Å². The van der Waals surface area contributed by atoms with Crippen LogP contribution in [0.2, 0.25) is 0 Å². The fraction of sp³-hybridized carbons (Fsp3) is 0.636. The summed E-state index contributed by atoms with van der Waals surface area (Å²) < 4.78 is 0. The highest BCUT2D eigenvalue weighted by Crippen LogP contribution is 2.35. The van der Waals surface area contributed by atoms with E-state index in [1.807, 2.05) is 0 Å². The quantitative estimate of drug-likeness (QED) is 0.496. The summed E-state index contributed by atoms with van der Waals surface area (Å²) >= 11 is 4.24. The third-order valence-electron chi connectivity index (χ3n) is 2.78. The monoisotopic (exact) mass is 182 g/mol. The maximum absolute atomic E-state index is 4.24. The molecule has 0 saturated heterocycles. The van der Waals surface area contributed by atoms with E-state index in [1.54, 1.807) is 0 Å². The Balaban J connectivity index is 2.42. The topological polar surface area (TPSA) is 0 Å². The van der Waals surface area contributed by atoms with E-state index in [-0.39, 0.29) is 0 Å². The van der Waals surface area contributed by atoms with E-state index in [0.717, 1.165) is 17.2 Å². The van der Waals surface area contributed by atoms with Crippen molar-refractivity contribution in [3.8, 4) is 0 Å². The molecule has 1 rings (SSSR count). The minimum Gasteiger partial charge on any atom is -0.148 e. The molecule has 0 spiro atoms. The molecule has 0 aromatic heterocycles. The van der Waals surface area contributed by atoms with E-state index in [9.17, 15) is 0 Å². The van der Waals surface area contributed by atoms with E-state index in [1.165, 1.54) is 25.7 Å². The molecule has 12 heavy (non-hydrogen) atoms. The summed E-state index contributed by atoms with van der Waals surface area (Å²) in [6.45, 7) is 7.71. The number of thiol groups is 1. The van der Waals surface area contributed by atoms with Crippen LogP contribution in [-0.4, -0.2) is 0 Å². The molecule has 0 aromatic carbocycles. The van der Waals surface area contributed by atoms with Crippen molar-refractivity contribution in [2.24, 2.45) is 11.8 Å². The van der Waals surface area contributed by atoms with E-state index < -0.39 is 0 Å². The van der Waals surface area contributed by atoms with Gasteiger partial charge in [0, 0.05) is 0 Å². The molecule has 1 saturated carbocycles. The van der Waals surface area contributed by atoms with Crippen LogP contribution in [-0.2, 0) is 0 Å². The van der Waals surface area contributed by atoms with Gasteiger partial charge in [0.2, 0.25) is 0 Å². The molecule has 0 bridgehead atoms. The molecule has 1 aliphatic carbocycles. The van der Waals surface area contributed by atoms with Gasteiger partial charge in [-0.05, 0) is 36.0 Å². The Kier molecular flexibility index (Phi) is 3.93. The Morgan fingerprint density at radius 1 is 1.50 bits per heavy atom. The molecule has 68 valence electrons. The van der Waals surface area contributed by atoms with Gasteiger partial charge >= 0.3 is 0 Å². The summed E-state index contributed by atoms with van der Waals surface area (Å²) in [4.78, 5) is 0.992. The zero-order valence-corrected chi connectivity index (χ0v) is 8.52. The molecular weight excluding hydrogens is 164 g/mol. The Hall–Kier alpha value is -0.170. The van der Waals surface area contributed by atoms with Gasteiger partial charge < -0.3 is 0 Å². The molecule has 0 heterocycles. The van der Waals surface area contributed by atoms with Crippen LogP contribution in [0.1, 0.15) is 32.1 Å². The van der Waals surface area contributed by atoms with Crippen LogP contribution in [0.25, 0.3) is 0 Å². The molecule has 0 radical (unpaired) electrons. The lowest BCUT2D eigenvalue weighted by molar-refractivity contribution is 0.408. The number of hydrogen-bond donors (Lipinski definition) is 1. The summed E-state index contributed by atoms with van der Waals surface area (Å²) in [6.07, 6.45) is 8.63. The van der Waals surface area contributed by atoms with Crippen LogP contribution < -0.4 is 0 Å². The summed E-state index contributed by atoms with van der Waals surface area (Å²) in [5, 5.41) is 0. The molecule has 0 amide bonds. The Morgan fingerprint density at radius 2 is 2.08 bits per heavy atom. The maximum atomic E-state index is 4.24. The SMILES string of the molecule is C=CC(CC(=C)S)C1CCCC1. The summed E-state index contributed by atoms with van der Waals surface area (Å²) in [6, 6.07) is 0. The number of allylic oxidation sites excluding steroid dienone is 2. The maximum Gasteiger partial charge on any atom is -0.0161 e. The van der Waals surface area contributed by atoms with Crippen molar-refractivity contribution in [3.05, 3.63) is 24.1 Å². The second-order valence-electron chi connectivity index (χ2n) is 3.71. The molecule has 1 aliphatic rings. The van der Waals surface area contributed by atoms with Crippen LogP contribution >= 0.6 is 12.6 Å². The van der Waals surface area contributed by atoms with E-state index in [4.69, 9.17) is 0 Å². The molecule has 1 atom stereocenters. The molecule has 1 fully saturated rings. The van der Waals surface area contributed by atoms with Crippen molar-refractivity contribution in [1.29, 1.82) is 0 Å². The van der Waals surface area contributed by atoms with E-state index in [2.05, 4.69) is 31.9 Å². The Morgan fingerprint density at radius 3 is 2.50 bits per heavy atom. The Labute approximate surface area is 81.2 Å². The van der Waals surface area contributed by atoms with Gasteiger partial charge in [-0.3, -0.25) is 0 Å². The zero-order chi connectivity index (χ0) is 8.97. The van der Waals surface area contributed by atoms with Gasteiger partial charge in [-0.25, -0.2) is 0 Å². The predicted octanol–water partition coefficient (Wildman–Crippen LogP) is 3.81. The highest BCUT2D eigenvalue weighted by atomic mass is 32.1. The Bertz CT molecular complexity index is 166. The summed E-state index contributed by atoms with van der Waals surface area (Å²) in [5.41, 5.74) is 0. The zero-order valence-electron chi connectivity index (χ0n) is 7.63. The van der Waals surface area contributed by atoms with E-state index >= 15 is 0 Å². The van der Waals surface area contributed by atoms with Crippen LogP contribution in [0.3, 0.4) is 0 Å². The van der Waals surface area contributed by atoms with Crippen molar-refractivity contribution >= 4 is 12.6 Å². The van der Waals surface area contributed by atoms with E-state index in [0.29, 0.717) is 5.92 Å². The molecule has 0 nitrogen and oxygen atoms in total. The number of hydrogen-bond acceptors (Lipinski definition) is 1. The molecule has 0 aromatic rings. The van der Waals surface area contributed by atoms with Crippen molar-refractivity contribution in [2.45, 2.75) is 32.1 Å².